The van der Waals surface area contributed by atoms with Crippen molar-refractivity contribution in [2.75, 3.05) is 7.05 Å². The largest absolute Gasteiger partial charge is 0.387 e. The van der Waals surface area contributed by atoms with Crippen molar-refractivity contribution in [3.8, 4) is 6.19 Å². The molecule has 0 saturated carbocycles. The van der Waals surface area contributed by atoms with E-state index in [9.17, 15) is 0 Å². The lowest BCUT2D eigenvalue weighted by molar-refractivity contribution is 1.41. The number of nitriles is 1. The topological polar surface area (TPSA) is 88.2 Å². The van der Waals surface area contributed by atoms with Crippen molar-refractivity contribution >= 4 is 5.84 Å². The fraction of sp³-hybridized carbons (Fsp3) is 0.500. The zero-order valence-corrected chi connectivity index (χ0v) is 5.05. The Labute approximate surface area is 48.8 Å². The van der Waals surface area contributed by atoms with Gasteiger partial charge in [0.05, 0.1) is 0 Å². The molecule has 0 aliphatic carbocycles. The second-order valence-electron chi connectivity index (χ2n) is 0.853. The van der Waals surface area contributed by atoms with Gasteiger partial charge in [-0.1, -0.05) is 0 Å². The average Bonchev–Trinajstić information content (AvgIpc) is 1.72. The van der Waals surface area contributed by atoms with Crippen LogP contribution in [0, 0.1) is 11.5 Å². The van der Waals surface area contributed by atoms with Gasteiger partial charge in [-0.25, -0.2) is 0 Å². The van der Waals surface area contributed by atoms with Gasteiger partial charge in [-0.15, -0.1) is 0 Å². The van der Waals surface area contributed by atoms with Gasteiger partial charge in [-0.2, -0.15) is 10.3 Å². The summed E-state index contributed by atoms with van der Waals surface area (Å²) >= 11 is 0. The van der Waals surface area contributed by atoms with Crippen LogP contribution in [0.2, 0.25) is 0 Å². The second-order valence-corrected chi connectivity index (χ2v) is 0.853. The molecule has 0 saturated heterocycles. The van der Waals surface area contributed by atoms with Crippen LogP contribution in [0.5, 0.6) is 0 Å². The van der Waals surface area contributed by atoms with Crippen LogP contribution in [0.4, 0.5) is 0 Å². The number of aliphatic imine (C=N–C) groups is 1. The number of nitrogens with two attached hydrogens (primary N) is 2. The number of amidine groups is 1. The monoisotopic (exact) mass is 114 g/mol. The normalized spacial score (nSPS) is 8.50. The Kier molecular flexibility index (Phi) is 11.7. The summed E-state index contributed by atoms with van der Waals surface area (Å²) in [7, 11) is 1.50. The summed E-state index contributed by atoms with van der Waals surface area (Å²) in [5.74, 6) is 0.303. The highest BCUT2D eigenvalue weighted by Crippen LogP contribution is 1.58. The Bertz CT molecular complexity index is 95.1. The van der Waals surface area contributed by atoms with E-state index in [0.717, 1.165) is 0 Å². The van der Waals surface area contributed by atoms with Gasteiger partial charge in [0.1, 0.15) is 5.84 Å². The fourth-order valence-electron chi connectivity index (χ4n) is 0.0789. The molecule has 4 N–H and O–H groups in total. The Hall–Kier alpha value is -1.08. The number of nitrogens with zero attached hydrogens (tertiary/aromatic N) is 2. The van der Waals surface area contributed by atoms with E-state index < -0.39 is 0 Å². The van der Waals surface area contributed by atoms with Gasteiger partial charge < -0.3 is 11.5 Å². The van der Waals surface area contributed by atoms with E-state index in [2.05, 4.69) is 10.7 Å². The van der Waals surface area contributed by atoms with E-state index in [4.69, 9.17) is 11.0 Å². The van der Waals surface area contributed by atoms with E-state index in [-0.39, 0.29) is 0 Å². The van der Waals surface area contributed by atoms with Gasteiger partial charge in [0.15, 0.2) is 0 Å². The highest BCUT2D eigenvalue weighted by Gasteiger charge is 1.67. The molecule has 0 rings (SSSR count). The Morgan fingerprint density at radius 1 is 1.62 bits per heavy atom. The summed E-state index contributed by atoms with van der Waals surface area (Å²) < 4.78 is 0. The van der Waals surface area contributed by atoms with Crippen molar-refractivity contribution in [3.63, 3.8) is 0 Å². The Morgan fingerprint density at radius 3 is 2.00 bits per heavy atom. The predicted octanol–water partition coefficient (Wildman–Crippen LogP) is -0.581. The molecule has 0 aromatic carbocycles. The maximum absolute atomic E-state index is 7.72. The van der Waals surface area contributed by atoms with E-state index >= 15 is 0 Å². The summed E-state index contributed by atoms with van der Waals surface area (Å²) in [6.45, 7) is 1.56. The van der Waals surface area contributed by atoms with Gasteiger partial charge >= 0.3 is 0 Å². The molecule has 0 aromatic rings. The molecule has 0 amide bonds. The van der Waals surface area contributed by atoms with Crippen molar-refractivity contribution in [1.29, 1.82) is 5.26 Å². The molecule has 0 unspecified atom stereocenters. The van der Waals surface area contributed by atoms with Gasteiger partial charge in [-0.05, 0) is 14.0 Å². The zero-order chi connectivity index (χ0) is 6.99. The van der Waals surface area contributed by atoms with Gasteiger partial charge in [0, 0.05) is 0 Å². The third kappa shape index (κ3) is 20.5. The number of hydrogen-bond acceptors (Lipinski definition) is 3. The van der Waals surface area contributed by atoms with Crippen LogP contribution >= 0.6 is 0 Å². The molecule has 8 heavy (non-hydrogen) atoms. The molecule has 0 heterocycles. The summed E-state index contributed by atoms with van der Waals surface area (Å²) in [6.07, 6.45) is 1.53. The molecular weight excluding hydrogens is 104 g/mol. The smallest absolute Gasteiger partial charge is 0.207 e. The highest BCUT2D eigenvalue weighted by atomic mass is 14.8. The maximum Gasteiger partial charge on any atom is 0.207 e. The predicted molar refractivity (Wildman–Crippen MR) is 33.0 cm³/mol. The van der Waals surface area contributed by atoms with Crippen LogP contribution in [-0.4, -0.2) is 12.9 Å². The number of rotatable bonds is 0. The quantitative estimate of drug-likeness (QED) is 0.251. The zero-order valence-electron chi connectivity index (χ0n) is 5.05. The Morgan fingerprint density at radius 2 is 2.00 bits per heavy atom. The molecule has 0 atom stereocenters. The Balaban J connectivity index is 0. The van der Waals surface area contributed by atoms with Crippen molar-refractivity contribution in [3.05, 3.63) is 0 Å². The van der Waals surface area contributed by atoms with E-state index in [1.165, 1.54) is 13.2 Å². The molecular formula is C4H10N4. The number of hydrogen-bond donors (Lipinski definition) is 2. The lowest BCUT2D eigenvalue weighted by Crippen LogP contribution is -2.03. The van der Waals surface area contributed by atoms with E-state index in [1.54, 1.807) is 6.92 Å². The minimum Gasteiger partial charge on any atom is -0.387 e. The standard InChI is InChI=1S/C3H5N3.CH5N/c1-3(5)6-2-4;1-2/h1H3,(H2,5,6);2H2,1H3. The fourth-order valence-corrected chi connectivity index (χ4v) is 0.0789. The first-order chi connectivity index (χ1) is 3.77. The molecule has 4 heteroatoms. The van der Waals surface area contributed by atoms with Crippen molar-refractivity contribution in [1.82, 2.24) is 0 Å². The summed E-state index contributed by atoms with van der Waals surface area (Å²) in [6, 6.07) is 0. The van der Waals surface area contributed by atoms with Crippen LogP contribution in [0.3, 0.4) is 0 Å². The van der Waals surface area contributed by atoms with E-state index in [1.807, 2.05) is 0 Å². The molecule has 0 spiro atoms. The van der Waals surface area contributed by atoms with Crippen LogP contribution < -0.4 is 11.5 Å². The molecule has 0 aliphatic rings. The minimum absolute atomic E-state index is 0.303. The SMILES string of the molecule is CC(N)=NC#N.CN. The first-order valence-electron chi connectivity index (χ1n) is 2.04. The molecule has 46 valence electrons. The molecule has 0 aromatic heterocycles. The average molecular weight is 114 g/mol. The first-order valence-corrected chi connectivity index (χ1v) is 2.04. The van der Waals surface area contributed by atoms with Gasteiger partial charge in [-0.3, -0.25) is 0 Å². The second kappa shape index (κ2) is 9.33. The third-order valence-electron chi connectivity index (χ3n) is 0.226. The van der Waals surface area contributed by atoms with Crippen LogP contribution in [0.15, 0.2) is 4.99 Å². The van der Waals surface area contributed by atoms with Crippen molar-refractivity contribution in [2.45, 2.75) is 6.92 Å². The molecule has 4 nitrogen and oxygen atoms in total. The third-order valence-corrected chi connectivity index (χ3v) is 0.226. The molecule has 0 radical (unpaired) electrons. The van der Waals surface area contributed by atoms with E-state index in [0.29, 0.717) is 5.84 Å². The van der Waals surface area contributed by atoms with Gasteiger partial charge in [0.25, 0.3) is 0 Å². The first kappa shape index (κ1) is 10.0. The molecule has 0 fully saturated rings. The highest BCUT2D eigenvalue weighted by molar-refractivity contribution is 5.78. The van der Waals surface area contributed by atoms with Crippen LogP contribution in [0.25, 0.3) is 0 Å². The van der Waals surface area contributed by atoms with Crippen molar-refractivity contribution < 1.29 is 0 Å². The van der Waals surface area contributed by atoms with Gasteiger partial charge in [0.2, 0.25) is 6.19 Å². The van der Waals surface area contributed by atoms with Crippen molar-refractivity contribution in [2.24, 2.45) is 16.5 Å². The van der Waals surface area contributed by atoms with Crippen LogP contribution in [-0.2, 0) is 0 Å². The summed E-state index contributed by atoms with van der Waals surface area (Å²) in [5, 5.41) is 7.72. The molecule has 0 aliphatic heterocycles. The summed E-state index contributed by atoms with van der Waals surface area (Å²) in [5.41, 5.74) is 9.43. The summed E-state index contributed by atoms with van der Waals surface area (Å²) in [4.78, 5) is 3.12. The lowest BCUT2D eigenvalue weighted by atomic mass is 10.7. The molecule has 0 bridgehead atoms. The maximum atomic E-state index is 7.72. The van der Waals surface area contributed by atoms with Crippen LogP contribution in [0.1, 0.15) is 6.92 Å². The lowest BCUT2D eigenvalue weighted by Gasteiger charge is -1.73. The minimum atomic E-state index is 0.303.